The molecule has 1 N–H and O–H groups in total. The molecule has 0 aliphatic carbocycles. The highest BCUT2D eigenvalue weighted by Crippen LogP contribution is 2.44. The number of benzene rings is 1. The number of halogens is 4. The lowest BCUT2D eigenvalue weighted by Gasteiger charge is -2.36. The number of nitrogens with zero attached hydrogens (tertiary/aromatic N) is 3. The average Bonchev–Trinajstić information content (AvgIpc) is 3.25. The fourth-order valence-electron chi connectivity index (χ4n) is 4.23. The van der Waals surface area contributed by atoms with Gasteiger partial charge in [-0.25, -0.2) is 4.59 Å². The van der Waals surface area contributed by atoms with Crippen LogP contribution < -0.4 is 34.4 Å². The van der Waals surface area contributed by atoms with Crippen molar-refractivity contribution in [1.82, 2.24) is 5.43 Å². The van der Waals surface area contributed by atoms with Crippen molar-refractivity contribution < 1.29 is 33.4 Å². The molecule has 4 rings (SSSR count). The molecule has 2 atom stereocenters. The lowest BCUT2D eigenvalue weighted by atomic mass is 9.95. The summed E-state index contributed by atoms with van der Waals surface area (Å²) in [6, 6.07) is 8.98. The zero-order valence-corrected chi connectivity index (χ0v) is 22.5. The Labute approximate surface area is 218 Å². The van der Waals surface area contributed by atoms with Crippen LogP contribution in [0.15, 0.2) is 35.4 Å². The highest BCUT2D eigenvalue weighted by atomic mass is 127. The van der Waals surface area contributed by atoms with Gasteiger partial charge in [-0.3, -0.25) is 9.80 Å². The van der Waals surface area contributed by atoms with Crippen molar-refractivity contribution in [2.75, 3.05) is 25.1 Å². The van der Waals surface area contributed by atoms with Crippen LogP contribution in [0.2, 0.25) is 14.4 Å². The molecule has 2 aliphatic heterocycles. The van der Waals surface area contributed by atoms with Crippen LogP contribution in [0.1, 0.15) is 37.1 Å². The summed E-state index contributed by atoms with van der Waals surface area (Å²) in [4.78, 5) is 14.3. The Morgan fingerprint density at radius 2 is 1.87 bits per heavy atom. The average molecular weight is 614 g/mol. The Morgan fingerprint density at radius 1 is 1.16 bits per heavy atom. The fraction of sp³-hybridized carbons (Fsp3) is 0.429. The highest BCUT2D eigenvalue weighted by Gasteiger charge is 2.42. The van der Waals surface area contributed by atoms with Gasteiger partial charge in [-0.2, -0.15) is 10.5 Å². The maximum atomic E-state index is 13.3. The predicted molar refractivity (Wildman–Crippen MR) is 126 cm³/mol. The molecule has 0 bridgehead atoms. The number of nitrogens with one attached hydrogen (secondary N) is 1. The largest absolute Gasteiger partial charge is 1.00 e. The van der Waals surface area contributed by atoms with Crippen molar-refractivity contribution in [3.05, 3.63) is 49.6 Å². The van der Waals surface area contributed by atoms with Crippen molar-refractivity contribution >= 4 is 63.4 Å². The van der Waals surface area contributed by atoms with E-state index in [4.69, 9.17) is 39.9 Å². The molecular weight excluding hydrogens is 590 g/mol. The van der Waals surface area contributed by atoms with Gasteiger partial charge in [-0.1, -0.05) is 41.7 Å². The van der Waals surface area contributed by atoms with E-state index in [1.165, 1.54) is 17.8 Å². The van der Waals surface area contributed by atoms with E-state index >= 15 is 0 Å². The summed E-state index contributed by atoms with van der Waals surface area (Å²) in [6.07, 6.45) is 3.44. The van der Waals surface area contributed by atoms with E-state index in [1.54, 1.807) is 12.1 Å². The van der Waals surface area contributed by atoms with Gasteiger partial charge >= 0.3 is 5.91 Å². The number of amides is 1. The Morgan fingerprint density at radius 3 is 2.48 bits per heavy atom. The van der Waals surface area contributed by atoms with Gasteiger partial charge in [0.25, 0.3) is 0 Å². The molecule has 1 saturated heterocycles. The molecule has 5 nitrogen and oxygen atoms in total. The molecule has 1 amide bonds. The second kappa shape index (κ2) is 10.1. The second-order valence-electron chi connectivity index (χ2n) is 8.15. The van der Waals surface area contributed by atoms with E-state index in [0.717, 1.165) is 30.8 Å². The molecular formula is C21H24Cl3IN4OS. The third kappa shape index (κ3) is 5.33. The van der Waals surface area contributed by atoms with E-state index in [2.05, 4.69) is 12.5 Å². The molecule has 31 heavy (non-hydrogen) atoms. The molecule has 10 heteroatoms. The molecule has 2 aliphatic rings. The maximum absolute atomic E-state index is 13.3. The molecule has 0 saturated carbocycles. The van der Waals surface area contributed by atoms with Crippen molar-refractivity contribution in [3.63, 3.8) is 0 Å². The number of thiophene rings is 1. The quantitative estimate of drug-likeness (QED) is 0.426. The summed E-state index contributed by atoms with van der Waals surface area (Å²) >= 11 is 20.3. The number of hydrogen-bond donors (Lipinski definition) is 1. The maximum Gasteiger partial charge on any atom is 0.312 e. The van der Waals surface area contributed by atoms with E-state index in [0.29, 0.717) is 30.4 Å². The molecule has 0 radical (unpaired) electrons. The highest BCUT2D eigenvalue weighted by molar-refractivity contribution is 7.16. The van der Waals surface area contributed by atoms with E-state index in [9.17, 15) is 4.79 Å². The number of rotatable bonds is 4. The number of carbonyl (C=O) groups is 1. The summed E-state index contributed by atoms with van der Waals surface area (Å²) < 4.78 is 1.24. The molecule has 1 aromatic heterocycles. The predicted octanol–water partition coefficient (Wildman–Crippen LogP) is 2.93. The third-order valence-electron chi connectivity index (χ3n) is 5.83. The minimum Gasteiger partial charge on any atom is -1.00 e. The van der Waals surface area contributed by atoms with Crippen LogP contribution in [0.3, 0.4) is 0 Å². The Hall–Kier alpha value is -0.580. The first kappa shape index (κ1) is 25.1. The Balaban J connectivity index is 0.00000272. The lowest BCUT2D eigenvalue weighted by Crippen LogP contribution is -3.00. The van der Waals surface area contributed by atoms with Crippen LogP contribution in [-0.2, 0) is 4.79 Å². The summed E-state index contributed by atoms with van der Waals surface area (Å²) in [5.74, 6) is -0.269. The van der Waals surface area contributed by atoms with Gasteiger partial charge in [0.05, 0.1) is 28.1 Å². The van der Waals surface area contributed by atoms with Gasteiger partial charge in [0.15, 0.2) is 0 Å². The third-order valence-corrected chi connectivity index (χ3v) is 7.67. The normalized spacial score (nSPS) is 22.6. The van der Waals surface area contributed by atoms with Crippen LogP contribution in [0, 0.1) is 5.92 Å². The van der Waals surface area contributed by atoms with Crippen LogP contribution in [0.25, 0.3) is 0 Å². The molecule has 3 heterocycles. The standard InChI is InChI=1S/C21H23Cl3N4OS.HI/c1-13-19(21(29)26-28(2)10-4-3-5-11-28)25-27(16-7-6-14(22)12-15(16)23)20(13)17-8-9-18(24)30-17;/h6-9,12-13,20H,3-5,10-11H2,1-2H3;1H. The molecule has 2 unspecified atom stereocenters. The van der Waals surface area contributed by atoms with Gasteiger partial charge in [-0.05, 0) is 49.6 Å². The first-order chi connectivity index (χ1) is 14.3. The molecule has 168 valence electrons. The van der Waals surface area contributed by atoms with E-state index in [1.807, 2.05) is 30.1 Å². The fourth-order valence-corrected chi connectivity index (χ4v) is 5.98. The van der Waals surface area contributed by atoms with Gasteiger partial charge in [-0.15, -0.1) is 11.3 Å². The number of hydrazone groups is 1. The van der Waals surface area contributed by atoms with Crippen LogP contribution in [-0.4, -0.2) is 36.3 Å². The summed E-state index contributed by atoms with van der Waals surface area (Å²) in [6.45, 7) is 3.89. The minimum atomic E-state index is -0.173. The van der Waals surface area contributed by atoms with Crippen LogP contribution >= 0.6 is 46.1 Å². The molecule has 1 fully saturated rings. The number of piperidine rings is 1. The number of anilines is 1. The Kier molecular flexibility index (Phi) is 8.19. The van der Waals surface area contributed by atoms with Crippen LogP contribution in [0.4, 0.5) is 5.69 Å². The Bertz CT molecular complexity index is 993. The number of likely N-dealkylation sites (tertiary alicyclic amines) is 1. The van der Waals surface area contributed by atoms with Gasteiger partial charge in [0.2, 0.25) is 0 Å². The van der Waals surface area contributed by atoms with E-state index < -0.39 is 0 Å². The summed E-state index contributed by atoms with van der Waals surface area (Å²) in [5.41, 5.74) is 4.42. The van der Waals surface area contributed by atoms with Gasteiger partial charge in [0.1, 0.15) is 18.8 Å². The second-order valence-corrected chi connectivity index (χ2v) is 10.7. The lowest BCUT2D eigenvalue weighted by molar-refractivity contribution is -0.947. The first-order valence-electron chi connectivity index (χ1n) is 10.0. The topological polar surface area (TPSA) is 44.7 Å². The number of quaternary nitrogens is 1. The van der Waals surface area contributed by atoms with E-state index in [-0.39, 0.29) is 41.8 Å². The minimum absolute atomic E-state index is 0. The zero-order chi connectivity index (χ0) is 21.5. The van der Waals surface area contributed by atoms with Crippen LogP contribution in [0.5, 0.6) is 0 Å². The summed E-state index contributed by atoms with van der Waals surface area (Å²) in [5, 5.41) is 7.63. The van der Waals surface area contributed by atoms with Crippen molar-refractivity contribution in [1.29, 1.82) is 0 Å². The number of hydrogen-bond acceptors (Lipinski definition) is 4. The molecule has 0 spiro atoms. The SMILES string of the molecule is CC1C(C(=O)N[N+]2(C)CCCCC2)=NN(c2ccc(Cl)cc2Cl)C1c1ccc(Cl)s1.[I-]. The van der Waals surface area contributed by atoms with Crippen molar-refractivity contribution in [2.45, 2.75) is 32.2 Å². The number of carbonyl (C=O) groups excluding carboxylic acids is 1. The summed E-state index contributed by atoms with van der Waals surface area (Å²) in [7, 11) is 2.07. The van der Waals surface area contributed by atoms with Gasteiger partial charge in [0, 0.05) is 15.8 Å². The molecule has 2 aromatic rings. The van der Waals surface area contributed by atoms with Crippen molar-refractivity contribution in [3.8, 4) is 0 Å². The smallest absolute Gasteiger partial charge is 0.312 e. The monoisotopic (exact) mass is 612 g/mol. The van der Waals surface area contributed by atoms with Gasteiger partial charge < -0.3 is 24.0 Å². The molecule has 1 aromatic carbocycles. The van der Waals surface area contributed by atoms with Crippen molar-refractivity contribution in [2.24, 2.45) is 11.0 Å². The zero-order valence-electron chi connectivity index (χ0n) is 17.2. The first-order valence-corrected chi connectivity index (χ1v) is 12.0.